The highest BCUT2D eigenvalue weighted by Crippen LogP contribution is 2.38. The number of nitrogens with zero attached hydrogens (tertiary/aromatic N) is 10. The summed E-state index contributed by atoms with van der Waals surface area (Å²) in [6, 6.07) is 60.3. The molecule has 2 amide bonds. The molecule has 8 heterocycles. The Balaban J connectivity index is 0.000000169. The van der Waals surface area contributed by atoms with Crippen LogP contribution in [-0.2, 0) is 28.8 Å². The number of halogens is 3. The van der Waals surface area contributed by atoms with Crippen molar-refractivity contribution >= 4 is 95.1 Å². The summed E-state index contributed by atoms with van der Waals surface area (Å²) in [6.45, 7) is 0. The molecule has 28 nitrogen and oxygen atoms in total. The van der Waals surface area contributed by atoms with Crippen LogP contribution in [0.2, 0.25) is 0 Å². The zero-order valence-corrected chi connectivity index (χ0v) is 64.2. The Morgan fingerprint density at radius 2 is 0.675 bits per heavy atom. The van der Waals surface area contributed by atoms with Crippen molar-refractivity contribution in [1.29, 1.82) is 0 Å². The van der Waals surface area contributed by atoms with Gasteiger partial charge < -0.3 is 52.9 Å². The number of carboxylic acid groups (broad SMARTS) is 2. The molecule has 0 spiro atoms. The quantitative estimate of drug-likeness (QED) is 0.0386. The minimum atomic E-state index is -1.16. The monoisotopic (exact) mass is 1670 g/mol. The van der Waals surface area contributed by atoms with E-state index in [0.717, 1.165) is 49.0 Å². The van der Waals surface area contributed by atoms with Crippen LogP contribution in [0.25, 0.3) is 88.3 Å². The number of rotatable bonds is 16. The Kier molecular flexibility index (Phi) is 31.4. The third kappa shape index (κ3) is 22.1. The lowest BCUT2D eigenvalue weighted by molar-refractivity contribution is -0.121. The number of amides is 2. The first-order chi connectivity index (χ1) is 58.2. The molecule has 17 aromatic rings. The number of aromatic carboxylic acids is 2. The van der Waals surface area contributed by atoms with Gasteiger partial charge in [-0.05, 0) is 126 Å². The summed E-state index contributed by atoms with van der Waals surface area (Å²) in [4.78, 5) is 82.4. The maximum absolute atomic E-state index is 13.0. The number of ether oxygens (including phenoxy) is 5. The summed E-state index contributed by atoms with van der Waals surface area (Å²) in [5, 5.41) is 59.0. The Morgan fingerprint density at radius 1 is 0.350 bits per heavy atom. The predicted octanol–water partition coefficient (Wildman–Crippen LogP) is 17.6. The van der Waals surface area contributed by atoms with Crippen molar-refractivity contribution in [3.63, 3.8) is 0 Å². The lowest BCUT2D eigenvalue weighted by Gasteiger charge is -2.12. The van der Waals surface area contributed by atoms with E-state index in [0.29, 0.717) is 103 Å². The molecule has 0 saturated heterocycles. The average Bonchev–Trinajstić information content (AvgIpc) is 1.52. The van der Waals surface area contributed by atoms with Gasteiger partial charge in [-0.15, -0.1) is 20.4 Å². The number of hydrogen-bond acceptors (Lipinski definition) is 24. The Hall–Kier alpha value is -16.3. The van der Waals surface area contributed by atoms with Gasteiger partial charge >= 0.3 is 17.9 Å². The van der Waals surface area contributed by atoms with E-state index < -0.39 is 29.7 Å². The molecule has 0 radical (unpaired) electrons. The number of carbonyl (C=O) groups excluding carboxylic acids is 3. The SMILES string of the molecule is C.C.C.COC(=O)c1ccc2cccnc2c1OC.COc1c(-c2nnc(Cc3ccc(F)cc3)o2)ccc2cccnc12.COc1c(C(=O)NNC(=O)Cc2ccc(F)cc2)ccc2cccnc12.COc1c(C(=O)O)ccc2cccnc12.O=C(O)c1ccc2cccnc2c1O.Oc1c(-c2nnc(Cc3ccc(F)cc3)o2)ccc2cccnc12. The number of nitrogens with one attached hydrogen (secondary N) is 2. The molecular formula is C92H81F3N12O16. The van der Waals surface area contributed by atoms with E-state index in [1.165, 1.54) is 95.3 Å². The zero-order chi connectivity index (χ0) is 84.8. The van der Waals surface area contributed by atoms with Crippen molar-refractivity contribution in [3.05, 3.63) is 324 Å². The maximum Gasteiger partial charge on any atom is 0.341 e. The van der Waals surface area contributed by atoms with Crippen molar-refractivity contribution in [2.75, 3.05) is 35.5 Å². The number of aromatic hydroxyl groups is 2. The molecule has 0 fully saturated rings. The molecule has 0 aliphatic rings. The first-order valence-electron chi connectivity index (χ1n) is 36.1. The second-order valence-electron chi connectivity index (χ2n) is 25.5. The van der Waals surface area contributed by atoms with Crippen molar-refractivity contribution < 1.29 is 90.1 Å². The van der Waals surface area contributed by atoms with E-state index >= 15 is 0 Å². The zero-order valence-electron chi connectivity index (χ0n) is 64.2. The largest absolute Gasteiger partial charge is 0.505 e. The standard InChI is InChI=1S/C19H16FN3O3.C19H14FN3O2.C18H12FN3O2.C12H11NO3.C11H9NO3.C10H7NO3.3CH4/c1-26-18-15(9-6-13-3-2-10-21-17(13)18)19(25)23-22-16(24)11-12-4-7-14(20)8-5-12;1-24-18-15(9-6-13-3-2-10-21-17(13)18)19-23-22-16(25-19)11-12-4-7-14(20)8-5-12;19-13-6-3-11(4-7-13)10-15-21-22-18(24-15)14-8-5-12-2-1-9-20-16(12)17(14)23;1-15-11-9(12(14)16-2)6-5-8-4-3-7-13-10(8)11;1-15-10-8(11(13)14)5-4-7-3-2-6-12-9(7)10;12-9-7(10(13)14)4-3-6-2-1-5-11-8(6)9;;;/h2-10H,11H2,1H3,(H,22,24)(H,23,25);2-10H,11H2,1H3;1-9,23H,10H2;3-7H,1-2H3;2-6H,1H3,(H,13,14);1-5,12H,(H,13,14);3*1H4. The molecule has 31 heteroatoms. The van der Waals surface area contributed by atoms with Gasteiger partial charge in [0.05, 0.1) is 71.5 Å². The molecule has 6 N–H and O–H groups in total. The van der Waals surface area contributed by atoms with Gasteiger partial charge in [0.25, 0.3) is 17.7 Å². The number of benzene rings is 9. The van der Waals surface area contributed by atoms with E-state index in [1.807, 2.05) is 66.7 Å². The summed E-state index contributed by atoms with van der Waals surface area (Å²) >= 11 is 0. The molecular weight excluding hydrogens is 1590 g/mol. The third-order valence-corrected chi connectivity index (χ3v) is 17.9. The fourth-order valence-corrected chi connectivity index (χ4v) is 12.1. The van der Waals surface area contributed by atoms with Crippen LogP contribution in [0.15, 0.2) is 264 Å². The van der Waals surface area contributed by atoms with Gasteiger partial charge in [-0.25, -0.2) is 27.6 Å². The molecule has 0 saturated carbocycles. The number of hydrazine groups is 1. The number of aromatic nitrogens is 10. The topological polar surface area (TPSA) is 392 Å². The lowest BCUT2D eigenvalue weighted by atomic mass is 10.1. The molecule has 0 unspecified atom stereocenters. The van der Waals surface area contributed by atoms with Gasteiger partial charge in [-0.3, -0.25) is 50.3 Å². The van der Waals surface area contributed by atoms with E-state index in [1.54, 1.807) is 129 Å². The van der Waals surface area contributed by atoms with Crippen LogP contribution in [0, 0.1) is 17.5 Å². The van der Waals surface area contributed by atoms with E-state index in [2.05, 4.69) is 65.9 Å². The second-order valence-corrected chi connectivity index (χ2v) is 25.5. The summed E-state index contributed by atoms with van der Waals surface area (Å²) in [6.07, 6.45) is 10.5. The fourth-order valence-electron chi connectivity index (χ4n) is 12.1. The van der Waals surface area contributed by atoms with Gasteiger partial charge in [0, 0.05) is 69.5 Å². The molecule has 0 atom stereocenters. The third-order valence-electron chi connectivity index (χ3n) is 17.9. The molecule has 9 aromatic carbocycles. The smallest absolute Gasteiger partial charge is 0.341 e. The summed E-state index contributed by atoms with van der Waals surface area (Å²) in [7, 11) is 7.33. The highest BCUT2D eigenvalue weighted by Gasteiger charge is 2.23. The van der Waals surface area contributed by atoms with Crippen molar-refractivity contribution in [3.8, 4) is 57.4 Å². The van der Waals surface area contributed by atoms with Crippen molar-refractivity contribution in [2.24, 2.45) is 0 Å². The first-order valence-corrected chi connectivity index (χ1v) is 36.1. The molecule has 626 valence electrons. The number of esters is 1. The molecule has 123 heavy (non-hydrogen) atoms. The number of methoxy groups -OCH3 is 5. The number of phenols is 2. The summed E-state index contributed by atoms with van der Waals surface area (Å²) in [5.74, 6) is -1.68. The van der Waals surface area contributed by atoms with Crippen LogP contribution in [0.4, 0.5) is 13.2 Å². The minimum absolute atomic E-state index is 0. The molecule has 0 aliphatic heterocycles. The summed E-state index contributed by atoms with van der Waals surface area (Å²) < 4.78 is 76.0. The highest BCUT2D eigenvalue weighted by atomic mass is 19.1. The second kappa shape index (κ2) is 42.7. The predicted molar refractivity (Wildman–Crippen MR) is 456 cm³/mol. The van der Waals surface area contributed by atoms with Gasteiger partial charge in [0.15, 0.2) is 34.5 Å². The maximum atomic E-state index is 13.0. The number of fused-ring (bicyclic) bond motifs is 6. The van der Waals surface area contributed by atoms with Crippen LogP contribution in [0.5, 0.6) is 34.5 Å². The van der Waals surface area contributed by atoms with Crippen LogP contribution in [-0.4, -0.2) is 136 Å². The lowest BCUT2D eigenvalue weighted by Crippen LogP contribution is -2.42. The normalized spacial score (nSPS) is 10.3. The van der Waals surface area contributed by atoms with Crippen LogP contribution < -0.4 is 29.8 Å². The number of carbonyl (C=O) groups is 5. The van der Waals surface area contributed by atoms with Crippen LogP contribution in [0.3, 0.4) is 0 Å². The number of carboxylic acids is 2. The van der Waals surface area contributed by atoms with Crippen molar-refractivity contribution in [1.82, 2.24) is 61.2 Å². The van der Waals surface area contributed by atoms with E-state index in [9.17, 15) is 47.4 Å². The fraction of sp³-hybridized carbons (Fsp3) is 0.120. The Labute approximate surface area is 701 Å². The number of hydrogen-bond donors (Lipinski definition) is 6. The van der Waals surface area contributed by atoms with E-state index in [4.69, 9.17) is 38.0 Å². The Morgan fingerprint density at radius 3 is 1.08 bits per heavy atom. The van der Waals surface area contributed by atoms with Crippen LogP contribution >= 0.6 is 0 Å². The van der Waals surface area contributed by atoms with E-state index in [-0.39, 0.29) is 80.2 Å². The van der Waals surface area contributed by atoms with Gasteiger partial charge in [-0.2, -0.15) is 0 Å². The number of pyridine rings is 6. The molecule has 0 aliphatic carbocycles. The molecule has 0 bridgehead atoms. The number of phenolic OH excluding ortho intramolecular Hbond substituents is 1. The summed E-state index contributed by atoms with van der Waals surface area (Å²) in [5.41, 5.74) is 12.1. The first kappa shape index (κ1) is 90.6. The highest BCUT2D eigenvalue weighted by molar-refractivity contribution is 6.04. The average molecular weight is 1670 g/mol. The van der Waals surface area contributed by atoms with Crippen LogP contribution in [0.1, 0.15) is 92.2 Å². The van der Waals surface area contributed by atoms with Gasteiger partial charge in [0.2, 0.25) is 17.7 Å². The van der Waals surface area contributed by atoms with Gasteiger partial charge in [0.1, 0.15) is 67.2 Å². The van der Waals surface area contributed by atoms with Gasteiger partial charge in [-0.1, -0.05) is 131 Å². The minimum Gasteiger partial charge on any atom is -0.505 e. The molecule has 17 rings (SSSR count). The molecule has 8 aromatic heterocycles. The Bertz CT molecular complexity index is 6570. The van der Waals surface area contributed by atoms with Crippen molar-refractivity contribution in [2.45, 2.75) is 41.5 Å².